The van der Waals surface area contributed by atoms with Crippen molar-refractivity contribution in [2.75, 3.05) is 6.61 Å². The minimum absolute atomic E-state index is 0.271. The van der Waals surface area contributed by atoms with Crippen LogP contribution in [-0.4, -0.2) is 46.8 Å². The van der Waals surface area contributed by atoms with Gasteiger partial charge in [0.15, 0.2) is 0 Å². The van der Waals surface area contributed by atoms with Crippen molar-refractivity contribution in [3.63, 3.8) is 0 Å². The summed E-state index contributed by atoms with van der Waals surface area (Å²) >= 11 is 1.99. The topological polar surface area (TPSA) is 57.2 Å². The molecule has 5 nitrogen and oxygen atoms in total. The van der Waals surface area contributed by atoms with Crippen LogP contribution in [0.3, 0.4) is 0 Å². The van der Waals surface area contributed by atoms with Crippen LogP contribution in [0.25, 0.3) is 0 Å². The third kappa shape index (κ3) is 9.46. The average Bonchev–Trinajstić information content (AvgIpc) is 3.12. The number of rotatable bonds is 14. The van der Waals surface area contributed by atoms with Crippen LogP contribution in [0.2, 0.25) is 0 Å². The fourth-order valence-electron chi connectivity index (χ4n) is 7.59. The van der Waals surface area contributed by atoms with Gasteiger partial charge in [-0.3, -0.25) is 0 Å². The van der Waals surface area contributed by atoms with Gasteiger partial charge in [-0.1, -0.05) is 130 Å². The van der Waals surface area contributed by atoms with Gasteiger partial charge in [0.2, 0.25) is 0 Å². The fraction of sp³-hybridized carbons (Fsp3) is 0.550. The van der Waals surface area contributed by atoms with Crippen molar-refractivity contribution in [3.05, 3.63) is 108 Å². The number of benzene rings is 3. The molecule has 3 aromatic rings. The van der Waals surface area contributed by atoms with Crippen molar-refractivity contribution in [1.29, 1.82) is 0 Å². The highest BCUT2D eigenvalue weighted by atomic mass is 32.2. The quantitative estimate of drug-likeness (QED) is 0.189. The Kier molecular flexibility index (Phi) is 13.1. The summed E-state index contributed by atoms with van der Waals surface area (Å²) in [4.78, 5) is 0. The predicted octanol–water partition coefficient (Wildman–Crippen LogP) is 8.72. The summed E-state index contributed by atoms with van der Waals surface area (Å²) in [7, 11) is 0. The molecule has 2 saturated carbocycles. The lowest BCUT2D eigenvalue weighted by molar-refractivity contribution is -0.241. The SMILES string of the molecule is O[C@H]1[C@H](OCc2ccccc2)[C@@H](OCc2ccccc2)[C@@H](SC(C2CCCCC2)C2CCCCC2)O[C@@H]1COCc1ccccc1. The molecule has 0 unspecified atom stereocenters. The van der Waals surface area contributed by atoms with Crippen LogP contribution in [0.1, 0.15) is 80.9 Å². The molecular formula is C40H52O5S. The monoisotopic (exact) mass is 644 g/mol. The van der Waals surface area contributed by atoms with E-state index in [2.05, 4.69) is 36.4 Å². The molecule has 3 fully saturated rings. The van der Waals surface area contributed by atoms with Crippen molar-refractivity contribution in [2.45, 2.75) is 119 Å². The third-order valence-electron chi connectivity index (χ3n) is 10.1. The molecule has 46 heavy (non-hydrogen) atoms. The maximum atomic E-state index is 11.9. The van der Waals surface area contributed by atoms with E-state index in [-0.39, 0.29) is 5.44 Å². The first-order valence-electron chi connectivity index (χ1n) is 17.7. The lowest BCUT2D eigenvalue weighted by Gasteiger charge is -2.47. The number of thioether (sulfide) groups is 1. The third-order valence-corrected chi connectivity index (χ3v) is 11.8. The molecule has 2 aliphatic carbocycles. The van der Waals surface area contributed by atoms with Gasteiger partial charge in [0.05, 0.1) is 26.4 Å². The molecule has 3 aliphatic rings. The first-order chi connectivity index (χ1) is 22.7. The van der Waals surface area contributed by atoms with E-state index in [0.29, 0.717) is 43.5 Å². The lowest BCUT2D eigenvalue weighted by Crippen LogP contribution is -2.60. The van der Waals surface area contributed by atoms with Crippen molar-refractivity contribution in [3.8, 4) is 0 Å². The van der Waals surface area contributed by atoms with Gasteiger partial charge in [-0.05, 0) is 54.2 Å². The summed E-state index contributed by atoms with van der Waals surface area (Å²) in [6.07, 6.45) is 10.8. The van der Waals surface area contributed by atoms with Gasteiger partial charge < -0.3 is 24.1 Å². The molecule has 0 amide bonds. The summed E-state index contributed by atoms with van der Waals surface area (Å²) < 4.78 is 26.6. The van der Waals surface area contributed by atoms with Crippen molar-refractivity contribution in [1.82, 2.24) is 0 Å². The highest BCUT2D eigenvalue weighted by Gasteiger charge is 2.49. The van der Waals surface area contributed by atoms with Gasteiger partial charge in [-0.25, -0.2) is 0 Å². The average molecular weight is 645 g/mol. The smallest absolute Gasteiger partial charge is 0.133 e. The molecule has 0 bridgehead atoms. The fourth-order valence-corrected chi connectivity index (χ4v) is 9.49. The molecule has 0 radical (unpaired) electrons. The maximum absolute atomic E-state index is 11.9. The van der Waals surface area contributed by atoms with E-state index in [1.165, 1.54) is 64.2 Å². The van der Waals surface area contributed by atoms with Crippen LogP contribution >= 0.6 is 11.8 Å². The summed E-state index contributed by atoms with van der Waals surface area (Å²) in [6.45, 7) is 1.61. The van der Waals surface area contributed by atoms with E-state index >= 15 is 0 Å². The molecule has 6 rings (SSSR count). The zero-order valence-electron chi connectivity index (χ0n) is 27.2. The normalized spacial score (nSPS) is 26.3. The highest BCUT2D eigenvalue weighted by molar-refractivity contribution is 8.00. The van der Waals surface area contributed by atoms with Crippen LogP contribution in [0.15, 0.2) is 91.0 Å². The molecule has 1 N–H and O–H groups in total. The van der Waals surface area contributed by atoms with Crippen LogP contribution < -0.4 is 0 Å². The van der Waals surface area contributed by atoms with E-state index < -0.39 is 24.4 Å². The first kappa shape index (κ1) is 33.7. The lowest BCUT2D eigenvalue weighted by atomic mass is 9.77. The number of hydrogen-bond acceptors (Lipinski definition) is 6. The Morgan fingerprint density at radius 3 is 1.57 bits per heavy atom. The summed E-state index contributed by atoms with van der Waals surface area (Å²) in [5, 5.41) is 12.4. The van der Waals surface area contributed by atoms with Crippen LogP contribution in [0.5, 0.6) is 0 Å². The zero-order valence-corrected chi connectivity index (χ0v) is 28.0. The predicted molar refractivity (Wildman–Crippen MR) is 185 cm³/mol. The number of hydrogen-bond donors (Lipinski definition) is 1. The Balaban J connectivity index is 1.26. The van der Waals surface area contributed by atoms with E-state index in [1.807, 2.05) is 66.4 Å². The summed E-state index contributed by atoms with van der Waals surface area (Å²) in [5.74, 6) is 1.40. The largest absolute Gasteiger partial charge is 0.387 e. The highest BCUT2D eigenvalue weighted by Crippen LogP contribution is 2.46. The van der Waals surface area contributed by atoms with Gasteiger partial charge in [0.25, 0.3) is 0 Å². The van der Waals surface area contributed by atoms with Crippen molar-refractivity contribution >= 4 is 11.8 Å². The summed E-state index contributed by atoms with van der Waals surface area (Å²) in [5.41, 5.74) is 3.01. The van der Waals surface area contributed by atoms with Crippen molar-refractivity contribution < 1.29 is 24.1 Å². The maximum Gasteiger partial charge on any atom is 0.133 e. The van der Waals surface area contributed by atoms with Gasteiger partial charge in [-0.2, -0.15) is 0 Å². The molecule has 1 aliphatic heterocycles. The van der Waals surface area contributed by atoms with Crippen molar-refractivity contribution in [2.24, 2.45) is 11.8 Å². The Bertz CT molecular complexity index is 1230. The molecular weight excluding hydrogens is 593 g/mol. The zero-order chi connectivity index (χ0) is 31.4. The van der Waals surface area contributed by atoms with Gasteiger partial charge in [0, 0.05) is 5.25 Å². The molecule has 248 valence electrons. The molecule has 3 aromatic carbocycles. The minimum atomic E-state index is -0.889. The Morgan fingerprint density at radius 1 is 0.609 bits per heavy atom. The van der Waals surface area contributed by atoms with Gasteiger partial charge in [-0.15, -0.1) is 11.8 Å². The minimum Gasteiger partial charge on any atom is -0.387 e. The van der Waals surface area contributed by atoms with Gasteiger partial charge >= 0.3 is 0 Å². The molecule has 0 spiro atoms. The first-order valence-corrected chi connectivity index (χ1v) is 18.6. The second-order valence-electron chi connectivity index (χ2n) is 13.5. The standard InChI is InChI=1S/C40H52O5S/c41-36-35(29-42-26-30-16-6-1-7-17-30)45-40(46-39(33-22-12-4-13-23-33)34-24-14-5-15-25-34)38(44-28-32-20-10-3-11-21-32)37(36)43-27-31-18-8-2-9-19-31/h1-3,6-11,16-21,33-41H,4-5,12-15,22-29H2/t35-,36-,37+,38-,40-/m1/s1. The molecule has 0 aromatic heterocycles. The molecule has 6 heteroatoms. The summed E-state index contributed by atoms with van der Waals surface area (Å²) in [6, 6.07) is 30.7. The Hall–Kier alpha value is -2.19. The molecule has 5 atom stereocenters. The number of ether oxygens (including phenoxy) is 4. The van der Waals surface area contributed by atoms with E-state index in [9.17, 15) is 5.11 Å². The second-order valence-corrected chi connectivity index (χ2v) is 14.7. The van der Waals surface area contributed by atoms with Gasteiger partial charge in [0.1, 0.15) is 29.9 Å². The van der Waals surface area contributed by atoms with E-state index in [0.717, 1.165) is 16.7 Å². The van der Waals surface area contributed by atoms with E-state index in [1.54, 1.807) is 0 Å². The number of aliphatic hydroxyl groups excluding tert-OH is 1. The molecule has 1 heterocycles. The van der Waals surface area contributed by atoms with Crippen LogP contribution in [0.4, 0.5) is 0 Å². The second kappa shape index (κ2) is 17.8. The number of aliphatic hydroxyl groups is 1. The Labute approximate surface area is 280 Å². The molecule has 1 saturated heterocycles. The van der Waals surface area contributed by atoms with E-state index in [4.69, 9.17) is 18.9 Å². The Morgan fingerprint density at radius 2 is 1.07 bits per heavy atom. The van der Waals surface area contributed by atoms with Crippen LogP contribution in [0, 0.1) is 11.8 Å². The van der Waals surface area contributed by atoms with Crippen LogP contribution in [-0.2, 0) is 38.8 Å².